The molecule has 0 aliphatic rings. The minimum Gasteiger partial charge on any atom is -0.495 e. The van der Waals surface area contributed by atoms with Crippen LogP contribution in [-0.2, 0) is 11.8 Å². The quantitative estimate of drug-likeness (QED) is 0.513. The summed E-state index contributed by atoms with van der Waals surface area (Å²) in [6.45, 7) is 6.73. The molecule has 3 heterocycles. The van der Waals surface area contributed by atoms with Crippen molar-refractivity contribution >= 4 is 22.7 Å². The fourth-order valence-electron chi connectivity index (χ4n) is 3.84. The van der Waals surface area contributed by atoms with Crippen LogP contribution in [0, 0.1) is 13.8 Å². The standard InChI is InChI=1S/C21H23N5O4/c1-11-12(2)25-17-18(23(5)21(29)26(19(17)28)13(3)14(4)27)22-20(25)24(11)15-9-7-8-10-16(15)30-6/h7-10,13H,1-6H3. The van der Waals surface area contributed by atoms with Crippen LogP contribution in [-0.4, -0.2) is 36.0 Å². The van der Waals surface area contributed by atoms with Crippen molar-refractivity contribution < 1.29 is 9.53 Å². The molecule has 0 aliphatic heterocycles. The number of nitrogens with zero attached hydrogens (tertiary/aromatic N) is 5. The van der Waals surface area contributed by atoms with Gasteiger partial charge in [0.15, 0.2) is 16.9 Å². The Labute approximate surface area is 171 Å². The molecule has 9 nitrogen and oxygen atoms in total. The first kappa shape index (κ1) is 19.7. The molecule has 0 N–H and O–H groups in total. The van der Waals surface area contributed by atoms with E-state index in [9.17, 15) is 14.4 Å². The summed E-state index contributed by atoms with van der Waals surface area (Å²) in [5.74, 6) is 0.875. The van der Waals surface area contributed by atoms with Crippen molar-refractivity contribution in [2.75, 3.05) is 7.11 Å². The number of fused-ring (bicyclic) bond motifs is 3. The lowest BCUT2D eigenvalue weighted by atomic mass is 10.2. The second-order valence-electron chi connectivity index (χ2n) is 7.40. The number of ether oxygens (including phenoxy) is 1. The van der Waals surface area contributed by atoms with Crippen LogP contribution in [0.25, 0.3) is 22.6 Å². The van der Waals surface area contributed by atoms with E-state index in [0.717, 1.165) is 21.6 Å². The van der Waals surface area contributed by atoms with Gasteiger partial charge in [0, 0.05) is 18.4 Å². The van der Waals surface area contributed by atoms with Crippen molar-refractivity contribution in [3.05, 3.63) is 56.5 Å². The van der Waals surface area contributed by atoms with E-state index >= 15 is 0 Å². The molecule has 0 radical (unpaired) electrons. The number of rotatable bonds is 4. The Morgan fingerprint density at radius 2 is 1.80 bits per heavy atom. The number of imidazole rings is 2. The lowest BCUT2D eigenvalue weighted by Gasteiger charge is -2.13. The number of hydrogen-bond acceptors (Lipinski definition) is 5. The fraction of sp³-hybridized carbons (Fsp3) is 0.333. The minimum atomic E-state index is -0.871. The van der Waals surface area contributed by atoms with Gasteiger partial charge in [0.2, 0.25) is 5.78 Å². The van der Waals surface area contributed by atoms with Crippen LogP contribution < -0.4 is 16.0 Å². The summed E-state index contributed by atoms with van der Waals surface area (Å²) in [5, 5.41) is 0. The fourth-order valence-corrected chi connectivity index (χ4v) is 3.84. The van der Waals surface area contributed by atoms with Gasteiger partial charge in [-0.2, -0.15) is 4.98 Å². The third-order valence-corrected chi connectivity index (χ3v) is 5.77. The highest BCUT2D eigenvalue weighted by molar-refractivity contribution is 5.81. The van der Waals surface area contributed by atoms with Gasteiger partial charge in [-0.3, -0.25) is 23.1 Å². The first-order valence-electron chi connectivity index (χ1n) is 9.56. The third kappa shape index (κ3) is 2.47. The Morgan fingerprint density at radius 1 is 1.13 bits per heavy atom. The molecule has 4 rings (SSSR count). The molecule has 0 aliphatic carbocycles. The van der Waals surface area contributed by atoms with E-state index in [2.05, 4.69) is 4.98 Å². The highest BCUT2D eigenvalue weighted by Gasteiger charge is 2.26. The zero-order chi connectivity index (χ0) is 21.9. The lowest BCUT2D eigenvalue weighted by Crippen LogP contribution is -2.42. The van der Waals surface area contributed by atoms with E-state index in [1.54, 1.807) is 25.5 Å². The Balaban J connectivity index is 2.22. The van der Waals surface area contributed by atoms with Gasteiger partial charge in [-0.1, -0.05) is 12.1 Å². The van der Waals surface area contributed by atoms with Crippen molar-refractivity contribution in [1.29, 1.82) is 0 Å². The SMILES string of the molecule is COc1ccccc1-n1c(C)c(C)n2c3c(=O)n(C(C)C(C)=O)c(=O)n(C)c3nc12. The molecule has 4 aromatic rings. The van der Waals surface area contributed by atoms with Gasteiger partial charge < -0.3 is 4.74 Å². The van der Waals surface area contributed by atoms with E-state index in [-0.39, 0.29) is 16.9 Å². The lowest BCUT2D eigenvalue weighted by molar-refractivity contribution is -0.119. The number of ketones is 1. The van der Waals surface area contributed by atoms with Crippen LogP contribution in [0.1, 0.15) is 31.3 Å². The Bertz CT molecular complexity index is 1450. The van der Waals surface area contributed by atoms with Crippen LogP contribution in [0.15, 0.2) is 33.9 Å². The minimum absolute atomic E-state index is 0.259. The molecule has 0 spiro atoms. The number of aromatic nitrogens is 5. The molecule has 1 atom stereocenters. The third-order valence-electron chi connectivity index (χ3n) is 5.77. The van der Waals surface area contributed by atoms with E-state index < -0.39 is 17.3 Å². The van der Waals surface area contributed by atoms with Crippen molar-refractivity contribution in [3.8, 4) is 11.4 Å². The van der Waals surface area contributed by atoms with Crippen molar-refractivity contribution in [2.24, 2.45) is 7.05 Å². The molecule has 0 bridgehead atoms. The smallest absolute Gasteiger partial charge is 0.333 e. The molecule has 9 heteroatoms. The molecule has 0 saturated carbocycles. The number of methoxy groups -OCH3 is 1. The average molecular weight is 409 g/mol. The van der Waals surface area contributed by atoms with Crippen LogP contribution in [0.3, 0.4) is 0 Å². The summed E-state index contributed by atoms with van der Waals surface area (Å²) in [4.78, 5) is 42.8. The second-order valence-corrected chi connectivity index (χ2v) is 7.40. The Morgan fingerprint density at radius 3 is 2.43 bits per heavy atom. The molecule has 156 valence electrons. The number of benzene rings is 1. The summed E-state index contributed by atoms with van der Waals surface area (Å²) in [6, 6.07) is 6.64. The number of carbonyl (C=O) groups excluding carboxylic acids is 1. The number of aryl methyl sites for hydroxylation is 2. The molecule has 3 aromatic heterocycles. The summed E-state index contributed by atoms with van der Waals surface area (Å²) in [5.41, 5.74) is 1.86. The predicted molar refractivity (Wildman–Crippen MR) is 113 cm³/mol. The van der Waals surface area contributed by atoms with Crippen LogP contribution in [0.4, 0.5) is 0 Å². The number of Topliss-reactive ketones (excluding diaryl/α,β-unsaturated/α-hetero) is 1. The van der Waals surface area contributed by atoms with Gasteiger partial charge in [-0.25, -0.2) is 9.36 Å². The number of hydrogen-bond donors (Lipinski definition) is 0. The summed E-state index contributed by atoms with van der Waals surface area (Å²) in [6.07, 6.45) is 0. The topological polar surface area (TPSA) is 92.5 Å². The molecular weight excluding hydrogens is 386 g/mol. The normalized spacial score (nSPS) is 12.6. The summed E-state index contributed by atoms with van der Waals surface area (Å²) in [7, 11) is 3.14. The zero-order valence-corrected chi connectivity index (χ0v) is 17.8. The van der Waals surface area contributed by atoms with E-state index in [1.165, 1.54) is 11.5 Å². The van der Waals surface area contributed by atoms with Gasteiger partial charge in [0.25, 0.3) is 5.56 Å². The maximum Gasteiger partial charge on any atom is 0.333 e. The monoisotopic (exact) mass is 409 g/mol. The van der Waals surface area contributed by atoms with Crippen molar-refractivity contribution in [3.63, 3.8) is 0 Å². The molecule has 0 fully saturated rings. The van der Waals surface area contributed by atoms with Gasteiger partial charge in [-0.05, 0) is 39.8 Å². The predicted octanol–water partition coefficient (Wildman–Crippen LogP) is 1.91. The highest BCUT2D eigenvalue weighted by atomic mass is 16.5. The van der Waals surface area contributed by atoms with E-state index in [4.69, 9.17) is 4.74 Å². The van der Waals surface area contributed by atoms with Gasteiger partial charge >= 0.3 is 5.69 Å². The maximum atomic E-state index is 13.4. The Hall–Kier alpha value is -3.62. The molecule has 30 heavy (non-hydrogen) atoms. The zero-order valence-electron chi connectivity index (χ0n) is 17.8. The van der Waals surface area contributed by atoms with Gasteiger partial charge in [0.05, 0.1) is 18.8 Å². The Kier molecular flexibility index (Phi) is 4.41. The summed E-state index contributed by atoms with van der Waals surface area (Å²) >= 11 is 0. The van der Waals surface area contributed by atoms with Crippen LogP contribution in [0.2, 0.25) is 0 Å². The van der Waals surface area contributed by atoms with Gasteiger partial charge in [-0.15, -0.1) is 0 Å². The second kappa shape index (κ2) is 6.72. The van der Waals surface area contributed by atoms with Crippen LogP contribution >= 0.6 is 0 Å². The van der Waals surface area contributed by atoms with Crippen LogP contribution in [0.5, 0.6) is 5.75 Å². The molecule has 1 unspecified atom stereocenters. The van der Waals surface area contributed by atoms with Crippen molar-refractivity contribution in [2.45, 2.75) is 33.7 Å². The number of para-hydroxylation sites is 2. The summed E-state index contributed by atoms with van der Waals surface area (Å²) < 4.78 is 11.5. The number of carbonyl (C=O) groups is 1. The highest BCUT2D eigenvalue weighted by Crippen LogP contribution is 2.29. The molecular formula is C21H23N5O4. The van der Waals surface area contributed by atoms with E-state index in [0.29, 0.717) is 11.5 Å². The largest absolute Gasteiger partial charge is 0.495 e. The maximum absolute atomic E-state index is 13.4. The first-order valence-corrected chi connectivity index (χ1v) is 9.56. The van der Waals surface area contributed by atoms with Crippen molar-refractivity contribution in [1.82, 2.24) is 23.1 Å². The average Bonchev–Trinajstić information content (AvgIpc) is 3.22. The van der Waals surface area contributed by atoms with Gasteiger partial charge in [0.1, 0.15) is 5.75 Å². The van der Waals surface area contributed by atoms with E-state index in [1.807, 2.05) is 42.7 Å². The first-order chi connectivity index (χ1) is 14.2. The molecule has 1 aromatic carbocycles. The molecule has 0 amide bonds. The molecule has 0 saturated heterocycles.